The summed E-state index contributed by atoms with van der Waals surface area (Å²) in [4.78, 5) is 27.4. The number of benzene rings is 1. The van der Waals surface area contributed by atoms with Crippen LogP contribution in [-0.4, -0.2) is 40.2 Å². The van der Waals surface area contributed by atoms with E-state index in [0.29, 0.717) is 17.5 Å². The van der Waals surface area contributed by atoms with Crippen LogP contribution in [0.25, 0.3) is 10.9 Å². The Morgan fingerprint density at radius 2 is 2.12 bits per heavy atom. The molecule has 1 aromatic heterocycles. The Morgan fingerprint density at radius 3 is 2.72 bits per heavy atom. The summed E-state index contributed by atoms with van der Waals surface area (Å²) in [7, 11) is 0. The van der Waals surface area contributed by atoms with Crippen molar-refractivity contribution in [2.75, 3.05) is 6.61 Å². The summed E-state index contributed by atoms with van der Waals surface area (Å²) in [6.07, 6.45) is -0.0465. The Kier molecular flexibility index (Phi) is 4.07. The topological polar surface area (TPSA) is 91.4 Å². The Balaban J connectivity index is 1.87. The summed E-state index contributed by atoms with van der Waals surface area (Å²) < 4.78 is 18.9. The van der Waals surface area contributed by atoms with Gasteiger partial charge in [0.05, 0.1) is 6.10 Å². The van der Waals surface area contributed by atoms with Crippen molar-refractivity contribution in [3.8, 4) is 0 Å². The quantitative estimate of drug-likeness (QED) is 0.775. The summed E-state index contributed by atoms with van der Waals surface area (Å²) in [5, 5.41) is 13.0. The zero-order valence-electron chi connectivity index (χ0n) is 14.4. The first kappa shape index (κ1) is 17.4. The average Bonchev–Trinajstić information content (AvgIpc) is 2.96. The van der Waals surface area contributed by atoms with Gasteiger partial charge in [-0.25, -0.2) is 9.18 Å². The summed E-state index contributed by atoms with van der Waals surface area (Å²) in [5.74, 6) is -2.04. The third-order valence-electron chi connectivity index (χ3n) is 5.28. The highest BCUT2D eigenvalue weighted by molar-refractivity contribution is 6.01. The van der Waals surface area contributed by atoms with Crippen LogP contribution in [0.1, 0.15) is 37.7 Å². The van der Waals surface area contributed by atoms with Crippen LogP contribution in [0.5, 0.6) is 0 Å². The van der Waals surface area contributed by atoms with E-state index in [2.05, 4.69) is 10.3 Å². The number of fused-ring (bicyclic) bond motifs is 1. The minimum Gasteiger partial charge on any atom is -0.479 e. The number of amides is 1. The Bertz CT molecular complexity index is 845. The molecule has 25 heavy (non-hydrogen) atoms. The molecule has 2 atom stereocenters. The van der Waals surface area contributed by atoms with Crippen molar-refractivity contribution in [1.29, 1.82) is 0 Å². The molecule has 0 radical (unpaired) electrons. The fourth-order valence-electron chi connectivity index (χ4n) is 3.52. The highest BCUT2D eigenvalue weighted by Crippen LogP contribution is 2.51. The van der Waals surface area contributed by atoms with Crippen LogP contribution in [0, 0.1) is 11.2 Å². The molecule has 7 heteroatoms. The van der Waals surface area contributed by atoms with Gasteiger partial charge in [0.15, 0.2) is 0 Å². The number of rotatable bonds is 5. The zero-order valence-corrected chi connectivity index (χ0v) is 14.4. The zero-order chi connectivity index (χ0) is 18.4. The van der Waals surface area contributed by atoms with Gasteiger partial charge >= 0.3 is 5.97 Å². The molecule has 1 aromatic carbocycles. The second-order valence-electron chi connectivity index (χ2n) is 6.95. The fourth-order valence-corrected chi connectivity index (χ4v) is 3.52. The average molecular weight is 348 g/mol. The Morgan fingerprint density at radius 1 is 1.40 bits per heavy atom. The first-order chi connectivity index (χ1) is 11.7. The Hall–Kier alpha value is -2.41. The maximum absolute atomic E-state index is 13.3. The highest BCUT2D eigenvalue weighted by atomic mass is 19.1. The number of H-pyrrole nitrogens is 1. The van der Waals surface area contributed by atoms with Gasteiger partial charge in [-0.1, -0.05) is 13.8 Å². The molecular weight excluding hydrogens is 327 g/mol. The normalized spacial score (nSPS) is 24.7. The lowest BCUT2D eigenvalue weighted by Gasteiger charge is -2.58. The molecule has 1 amide bonds. The van der Waals surface area contributed by atoms with Crippen LogP contribution in [0.4, 0.5) is 4.39 Å². The van der Waals surface area contributed by atoms with Gasteiger partial charge in [-0.2, -0.15) is 0 Å². The first-order valence-corrected chi connectivity index (χ1v) is 8.17. The second kappa shape index (κ2) is 5.84. The highest BCUT2D eigenvalue weighted by Gasteiger charge is 2.66. The lowest BCUT2D eigenvalue weighted by atomic mass is 9.54. The van der Waals surface area contributed by atoms with Crippen molar-refractivity contribution in [1.82, 2.24) is 10.3 Å². The van der Waals surface area contributed by atoms with Gasteiger partial charge in [0.2, 0.25) is 0 Å². The number of hydrogen-bond donors (Lipinski definition) is 3. The van der Waals surface area contributed by atoms with Crippen LogP contribution in [-0.2, 0) is 9.53 Å². The number of halogens is 1. The molecule has 1 aliphatic rings. The minimum atomic E-state index is -1.41. The van der Waals surface area contributed by atoms with Gasteiger partial charge < -0.3 is 20.1 Å². The maximum Gasteiger partial charge on any atom is 0.330 e. The predicted octanol–water partition coefficient (Wildman–Crippen LogP) is 2.70. The molecule has 0 saturated heterocycles. The molecule has 0 spiro atoms. The van der Waals surface area contributed by atoms with Crippen molar-refractivity contribution < 1.29 is 23.8 Å². The van der Waals surface area contributed by atoms with E-state index in [4.69, 9.17) is 4.74 Å². The van der Waals surface area contributed by atoms with E-state index in [-0.39, 0.29) is 18.2 Å². The van der Waals surface area contributed by atoms with E-state index < -0.39 is 28.6 Å². The molecule has 3 N–H and O–H groups in total. The molecule has 2 aromatic rings. The SMILES string of the molecule is CCO[C@@H]1C[C@](NC(=O)c2cc3cc(F)ccc3[nH]2)(C(=O)O)C1(C)C. The van der Waals surface area contributed by atoms with Crippen molar-refractivity contribution in [3.63, 3.8) is 0 Å². The lowest BCUT2D eigenvalue weighted by Crippen LogP contribution is -2.76. The predicted molar refractivity (Wildman–Crippen MR) is 89.9 cm³/mol. The molecule has 134 valence electrons. The first-order valence-electron chi connectivity index (χ1n) is 8.17. The van der Waals surface area contributed by atoms with Gasteiger partial charge in [-0.3, -0.25) is 4.79 Å². The van der Waals surface area contributed by atoms with E-state index in [0.717, 1.165) is 0 Å². The van der Waals surface area contributed by atoms with E-state index in [9.17, 15) is 19.1 Å². The smallest absolute Gasteiger partial charge is 0.330 e. The number of nitrogens with one attached hydrogen (secondary N) is 2. The third kappa shape index (κ3) is 2.59. The number of carbonyl (C=O) groups excluding carboxylic acids is 1. The number of carbonyl (C=O) groups is 2. The molecule has 1 saturated carbocycles. The number of hydrogen-bond acceptors (Lipinski definition) is 3. The van der Waals surface area contributed by atoms with Crippen molar-refractivity contribution >= 4 is 22.8 Å². The number of aromatic nitrogens is 1. The maximum atomic E-state index is 13.3. The summed E-state index contributed by atoms with van der Waals surface area (Å²) >= 11 is 0. The van der Waals surface area contributed by atoms with E-state index in [1.807, 2.05) is 6.92 Å². The molecule has 1 heterocycles. The van der Waals surface area contributed by atoms with Crippen molar-refractivity contribution in [2.45, 2.75) is 38.8 Å². The van der Waals surface area contributed by atoms with Gasteiger partial charge in [0.25, 0.3) is 5.91 Å². The number of aliphatic carboxylic acids is 1. The summed E-state index contributed by atoms with van der Waals surface area (Å²) in [6, 6.07) is 5.65. The molecule has 1 fully saturated rings. The second-order valence-corrected chi connectivity index (χ2v) is 6.95. The largest absolute Gasteiger partial charge is 0.479 e. The molecule has 0 bridgehead atoms. The van der Waals surface area contributed by atoms with Crippen molar-refractivity contribution in [3.05, 3.63) is 35.8 Å². The van der Waals surface area contributed by atoms with Crippen LogP contribution in [0.2, 0.25) is 0 Å². The number of carboxylic acid groups (broad SMARTS) is 1. The van der Waals surface area contributed by atoms with Crippen LogP contribution >= 0.6 is 0 Å². The monoisotopic (exact) mass is 348 g/mol. The Labute approximate surface area is 144 Å². The van der Waals surface area contributed by atoms with E-state index in [1.165, 1.54) is 24.3 Å². The van der Waals surface area contributed by atoms with Gasteiger partial charge in [0.1, 0.15) is 17.1 Å². The number of ether oxygens (including phenoxy) is 1. The van der Waals surface area contributed by atoms with Gasteiger partial charge in [0, 0.05) is 29.3 Å². The minimum absolute atomic E-state index is 0.192. The molecule has 1 aliphatic carbocycles. The van der Waals surface area contributed by atoms with Crippen molar-refractivity contribution in [2.24, 2.45) is 5.41 Å². The van der Waals surface area contributed by atoms with E-state index in [1.54, 1.807) is 13.8 Å². The van der Waals surface area contributed by atoms with Gasteiger partial charge in [-0.05, 0) is 31.2 Å². The van der Waals surface area contributed by atoms with Crippen LogP contribution in [0.3, 0.4) is 0 Å². The molecule has 3 rings (SSSR count). The summed E-state index contributed by atoms with van der Waals surface area (Å²) in [6.45, 7) is 5.86. The fraction of sp³-hybridized carbons (Fsp3) is 0.444. The number of aromatic amines is 1. The third-order valence-corrected chi connectivity index (χ3v) is 5.28. The lowest BCUT2D eigenvalue weighted by molar-refractivity contribution is -0.190. The van der Waals surface area contributed by atoms with Gasteiger partial charge in [-0.15, -0.1) is 0 Å². The molecule has 6 nitrogen and oxygen atoms in total. The summed E-state index contributed by atoms with van der Waals surface area (Å²) in [5.41, 5.74) is -1.37. The van der Waals surface area contributed by atoms with Crippen LogP contribution in [0.15, 0.2) is 24.3 Å². The van der Waals surface area contributed by atoms with E-state index >= 15 is 0 Å². The molecular formula is C18H21FN2O4. The van der Waals surface area contributed by atoms with Crippen LogP contribution < -0.4 is 5.32 Å². The molecule has 0 unspecified atom stereocenters. The number of carboxylic acids is 1. The standard InChI is InChI=1S/C18H21FN2O4/c1-4-25-14-9-18(16(23)24,17(14,2)3)21-15(22)13-8-10-7-11(19)5-6-12(10)20-13/h5-8,14,20H,4,9H2,1-3H3,(H,21,22)(H,23,24)/t14-,18+/m1/s1. The molecule has 0 aliphatic heterocycles.